The van der Waals surface area contributed by atoms with E-state index >= 15 is 0 Å². The SMILES string of the molecule is O=C(CCCc1cccs1)N[C@@H](CN1CCCC1=O)c1cccc(C(F)(F)F)c1. The summed E-state index contributed by atoms with van der Waals surface area (Å²) in [6.07, 6.45) is -1.59. The van der Waals surface area contributed by atoms with E-state index in [1.807, 2.05) is 17.5 Å². The summed E-state index contributed by atoms with van der Waals surface area (Å²) >= 11 is 1.63. The number of amides is 2. The number of likely N-dealkylation sites (tertiary alicyclic amines) is 1. The molecule has 0 unspecified atom stereocenters. The molecule has 1 saturated heterocycles. The molecule has 0 saturated carbocycles. The van der Waals surface area contributed by atoms with Crippen LogP contribution in [0.2, 0.25) is 0 Å². The average molecular weight is 424 g/mol. The molecule has 2 aromatic rings. The summed E-state index contributed by atoms with van der Waals surface area (Å²) in [5.41, 5.74) is -0.411. The number of benzene rings is 1. The third-order valence-corrected chi connectivity index (χ3v) is 5.87. The second kappa shape index (κ2) is 9.43. The number of nitrogens with one attached hydrogen (secondary N) is 1. The smallest absolute Gasteiger partial charge is 0.348 e. The summed E-state index contributed by atoms with van der Waals surface area (Å²) in [6.45, 7) is 0.735. The number of rotatable bonds is 8. The summed E-state index contributed by atoms with van der Waals surface area (Å²) in [7, 11) is 0. The maximum atomic E-state index is 13.1. The minimum Gasteiger partial charge on any atom is -0.348 e. The lowest BCUT2D eigenvalue weighted by molar-refractivity contribution is -0.137. The Kier molecular flexibility index (Phi) is 6.95. The van der Waals surface area contributed by atoms with Crippen LogP contribution < -0.4 is 5.32 Å². The van der Waals surface area contributed by atoms with Crippen molar-refractivity contribution >= 4 is 23.2 Å². The molecule has 1 N–H and O–H groups in total. The van der Waals surface area contributed by atoms with E-state index in [-0.39, 0.29) is 24.8 Å². The molecule has 2 heterocycles. The molecule has 1 aliphatic rings. The van der Waals surface area contributed by atoms with E-state index < -0.39 is 17.8 Å². The quantitative estimate of drug-likeness (QED) is 0.675. The van der Waals surface area contributed by atoms with Gasteiger partial charge in [-0.2, -0.15) is 13.2 Å². The van der Waals surface area contributed by atoms with Crippen molar-refractivity contribution < 1.29 is 22.8 Å². The minimum absolute atomic E-state index is 0.0334. The van der Waals surface area contributed by atoms with Crippen molar-refractivity contribution in [2.45, 2.75) is 44.3 Å². The summed E-state index contributed by atoms with van der Waals surface area (Å²) in [5.74, 6) is -0.260. The molecule has 0 aliphatic carbocycles. The van der Waals surface area contributed by atoms with Gasteiger partial charge >= 0.3 is 6.18 Å². The van der Waals surface area contributed by atoms with Gasteiger partial charge in [0.25, 0.3) is 0 Å². The van der Waals surface area contributed by atoms with E-state index in [1.165, 1.54) is 10.9 Å². The van der Waals surface area contributed by atoms with Crippen LogP contribution in [-0.2, 0) is 22.2 Å². The van der Waals surface area contributed by atoms with Crippen molar-refractivity contribution in [2.24, 2.45) is 0 Å². The number of aryl methyl sites for hydroxylation is 1. The van der Waals surface area contributed by atoms with E-state index in [4.69, 9.17) is 0 Å². The van der Waals surface area contributed by atoms with Crippen LogP contribution in [0, 0.1) is 0 Å². The van der Waals surface area contributed by atoms with E-state index in [9.17, 15) is 22.8 Å². The third-order valence-electron chi connectivity index (χ3n) is 4.93. The molecular weight excluding hydrogens is 401 g/mol. The molecule has 4 nitrogen and oxygen atoms in total. The van der Waals surface area contributed by atoms with Crippen molar-refractivity contribution in [1.29, 1.82) is 0 Å². The number of carbonyl (C=O) groups is 2. The van der Waals surface area contributed by atoms with Crippen LogP contribution in [0.4, 0.5) is 13.2 Å². The van der Waals surface area contributed by atoms with Crippen LogP contribution >= 0.6 is 11.3 Å². The van der Waals surface area contributed by atoms with Gasteiger partial charge in [0.05, 0.1) is 11.6 Å². The molecular formula is C21H23F3N2O2S. The summed E-state index contributed by atoms with van der Waals surface area (Å²) in [4.78, 5) is 27.2. The molecule has 0 radical (unpaired) electrons. The van der Waals surface area contributed by atoms with Gasteiger partial charge in [-0.05, 0) is 48.4 Å². The molecule has 0 spiro atoms. The van der Waals surface area contributed by atoms with E-state index in [1.54, 1.807) is 22.3 Å². The highest BCUT2D eigenvalue weighted by Gasteiger charge is 2.32. The molecule has 1 aliphatic heterocycles. The predicted octanol–water partition coefficient (Wildman–Crippen LogP) is 4.57. The first kappa shape index (κ1) is 21.4. The van der Waals surface area contributed by atoms with Crippen molar-refractivity contribution in [2.75, 3.05) is 13.1 Å². The van der Waals surface area contributed by atoms with Crippen LogP contribution in [0.1, 0.15) is 47.7 Å². The van der Waals surface area contributed by atoms with E-state index in [0.29, 0.717) is 24.9 Å². The van der Waals surface area contributed by atoms with Crippen LogP contribution in [0.25, 0.3) is 0 Å². The lowest BCUT2D eigenvalue weighted by Crippen LogP contribution is -2.38. The molecule has 8 heteroatoms. The Hall–Kier alpha value is -2.35. The highest BCUT2D eigenvalue weighted by atomic mass is 32.1. The highest BCUT2D eigenvalue weighted by molar-refractivity contribution is 7.09. The number of hydrogen-bond donors (Lipinski definition) is 1. The van der Waals surface area contributed by atoms with Crippen molar-refractivity contribution in [3.05, 3.63) is 57.8 Å². The Morgan fingerprint density at radius 1 is 1.24 bits per heavy atom. The van der Waals surface area contributed by atoms with Gasteiger partial charge in [0.1, 0.15) is 0 Å². The number of nitrogens with zero attached hydrogens (tertiary/aromatic N) is 1. The van der Waals surface area contributed by atoms with Gasteiger partial charge < -0.3 is 10.2 Å². The molecule has 29 heavy (non-hydrogen) atoms. The van der Waals surface area contributed by atoms with Crippen LogP contribution in [0.5, 0.6) is 0 Å². The van der Waals surface area contributed by atoms with Crippen molar-refractivity contribution in [3.63, 3.8) is 0 Å². The zero-order chi connectivity index (χ0) is 20.9. The first-order chi connectivity index (χ1) is 13.8. The molecule has 0 bridgehead atoms. The Morgan fingerprint density at radius 2 is 2.07 bits per heavy atom. The third kappa shape index (κ3) is 6.06. The van der Waals surface area contributed by atoms with Crippen LogP contribution in [-0.4, -0.2) is 29.8 Å². The molecule has 3 rings (SSSR count). The maximum absolute atomic E-state index is 13.1. The lowest BCUT2D eigenvalue weighted by Gasteiger charge is -2.26. The number of carbonyl (C=O) groups excluding carboxylic acids is 2. The first-order valence-corrected chi connectivity index (χ1v) is 10.5. The molecule has 156 valence electrons. The number of alkyl halides is 3. The van der Waals surface area contributed by atoms with E-state index in [0.717, 1.165) is 25.0 Å². The Labute approximate surface area is 171 Å². The first-order valence-electron chi connectivity index (χ1n) is 9.59. The summed E-state index contributed by atoms with van der Waals surface area (Å²) < 4.78 is 39.3. The summed E-state index contributed by atoms with van der Waals surface area (Å²) in [5, 5.41) is 4.82. The molecule has 2 amide bonds. The van der Waals surface area contributed by atoms with Gasteiger partial charge in [-0.25, -0.2) is 0 Å². The number of hydrogen-bond acceptors (Lipinski definition) is 3. The molecule has 1 fully saturated rings. The van der Waals surface area contributed by atoms with Gasteiger partial charge in [0.2, 0.25) is 11.8 Å². The molecule has 1 aromatic carbocycles. The van der Waals surface area contributed by atoms with Gasteiger partial charge in [0, 0.05) is 30.8 Å². The van der Waals surface area contributed by atoms with Gasteiger partial charge in [-0.15, -0.1) is 11.3 Å². The fourth-order valence-corrected chi connectivity index (χ4v) is 4.18. The normalized spacial score (nSPS) is 15.6. The Balaban J connectivity index is 1.69. The number of thiophene rings is 1. The maximum Gasteiger partial charge on any atom is 0.416 e. The Bertz CT molecular complexity index is 837. The van der Waals surface area contributed by atoms with Gasteiger partial charge in [0.15, 0.2) is 0 Å². The predicted molar refractivity (Wildman–Crippen MR) is 105 cm³/mol. The van der Waals surface area contributed by atoms with Gasteiger partial charge in [-0.1, -0.05) is 18.2 Å². The topological polar surface area (TPSA) is 49.4 Å². The monoisotopic (exact) mass is 424 g/mol. The fraction of sp³-hybridized carbons (Fsp3) is 0.429. The van der Waals surface area contributed by atoms with Crippen molar-refractivity contribution in [3.8, 4) is 0 Å². The lowest BCUT2D eigenvalue weighted by atomic mass is 10.0. The van der Waals surface area contributed by atoms with E-state index in [2.05, 4.69) is 5.32 Å². The fourth-order valence-electron chi connectivity index (χ4n) is 3.43. The van der Waals surface area contributed by atoms with Crippen LogP contribution in [0.15, 0.2) is 41.8 Å². The van der Waals surface area contributed by atoms with Crippen molar-refractivity contribution in [1.82, 2.24) is 10.2 Å². The highest BCUT2D eigenvalue weighted by Crippen LogP contribution is 2.31. The average Bonchev–Trinajstić information content (AvgIpc) is 3.33. The molecule has 1 atom stereocenters. The van der Waals surface area contributed by atoms with Gasteiger partial charge in [-0.3, -0.25) is 9.59 Å². The molecule has 1 aromatic heterocycles. The number of halogens is 3. The zero-order valence-electron chi connectivity index (χ0n) is 15.9. The second-order valence-electron chi connectivity index (χ2n) is 7.12. The minimum atomic E-state index is -4.46. The summed E-state index contributed by atoms with van der Waals surface area (Å²) in [6, 6.07) is 8.24. The standard InChI is InChI=1S/C21H23F3N2O2S/c22-21(23,24)16-6-1-5-15(13-16)18(14-26-11-3-10-20(26)28)25-19(27)9-2-7-17-8-4-12-29-17/h1,4-6,8,12-13,18H,2-3,7,9-11,14H2,(H,25,27)/t18-/m0/s1. The zero-order valence-corrected chi connectivity index (χ0v) is 16.7. The Morgan fingerprint density at radius 3 is 2.72 bits per heavy atom. The largest absolute Gasteiger partial charge is 0.416 e. The second-order valence-corrected chi connectivity index (χ2v) is 8.15. The van der Waals surface area contributed by atoms with Crippen LogP contribution in [0.3, 0.4) is 0 Å².